The molecular weight excluding hydrogens is 292 g/mol. The highest BCUT2D eigenvalue weighted by molar-refractivity contribution is 5.76. The van der Waals surface area contributed by atoms with Crippen molar-refractivity contribution in [1.29, 1.82) is 0 Å². The molecule has 0 spiro atoms. The van der Waals surface area contributed by atoms with Crippen molar-refractivity contribution >= 4 is 5.97 Å². The molecule has 1 N–H and O–H groups in total. The van der Waals surface area contributed by atoms with Crippen molar-refractivity contribution in [2.24, 2.45) is 0 Å². The minimum absolute atomic E-state index is 0.583. The number of hydrogen-bond donors (Lipinski definition) is 1. The number of aliphatic carboxylic acids is 1. The molecule has 1 saturated heterocycles. The molecule has 0 bridgehead atoms. The van der Waals surface area contributed by atoms with Crippen molar-refractivity contribution in [3.8, 4) is 0 Å². The fourth-order valence-corrected chi connectivity index (χ4v) is 3.19. The summed E-state index contributed by atoms with van der Waals surface area (Å²) in [7, 11) is 1.90. The zero-order chi connectivity index (χ0) is 16.8. The Kier molecular flexibility index (Phi) is 6.57. The second-order valence-corrected chi connectivity index (χ2v) is 6.39. The van der Waals surface area contributed by atoms with Crippen LogP contribution in [-0.4, -0.2) is 67.3 Å². The number of carboxylic acids is 1. The van der Waals surface area contributed by atoms with Gasteiger partial charge in [0.1, 0.15) is 6.04 Å². The van der Waals surface area contributed by atoms with Crippen molar-refractivity contribution in [3.63, 3.8) is 0 Å². The average molecular weight is 320 g/mol. The summed E-state index contributed by atoms with van der Waals surface area (Å²) in [4.78, 5) is 16.1. The highest BCUT2D eigenvalue weighted by Gasteiger charge is 2.26. The summed E-state index contributed by atoms with van der Waals surface area (Å²) < 4.78 is 5.35. The molecule has 0 amide bonds. The molecule has 2 rings (SSSR count). The van der Waals surface area contributed by atoms with Crippen LogP contribution in [0.15, 0.2) is 18.2 Å². The lowest BCUT2D eigenvalue weighted by Crippen LogP contribution is -2.39. The van der Waals surface area contributed by atoms with E-state index < -0.39 is 12.0 Å². The number of likely N-dealkylation sites (N-methyl/N-ethyl adjacent to an activating group) is 1. The van der Waals surface area contributed by atoms with Gasteiger partial charge in [0.25, 0.3) is 0 Å². The molecule has 1 aromatic carbocycles. The van der Waals surface area contributed by atoms with Crippen LogP contribution in [0.4, 0.5) is 0 Å². The number of aryl methyl sites for hydroxylation is 2. The summed E-state index contributed by atoms with van der Waals surface area (Å²) in [6.07, 6.45) is 0.963. The molecule has 1 aliphatic heterocycles. The van der Waals surface area contributed by atoms with Crippen LogP contribution >= 0.6 is 0 Å². The number of nitrogens with zero attached hydrogens (tertiary/aromatic N) is 2. The van der Waals surface area contributed by atoms with Crippen LogP contribution in [0, 0.1) is 13.8 Å². The number of rotatable bonds is 7. The first-order chi connectivity index (χ1) is 11.0. The van der Waals surface area contributed by atoms with E-state index in [2.05, 4.69) is 4.90 Å². The number of hydrogen-bond acceptors (Lipinski definition) is 4. The number of morpholine rings is 1. The zero-order valence-corrected chi connectivity index (χ0v) is 14.4. The second-order valence-electron chi connectivity index (χ2n) is 6.39. The van der Waals surface area contributed by atoms with E-state index in [0.29, 0.717) is 0 Å². The smallest absolute Gasteiger partial charge is 0.325 e. The molecule has 0 aromatic heterocycles. The summed E-state index contributed by atoms with van der Waals surface area (Å²) >= 11 is 0. The number of ether oxygens (including phenoxy) is 1. The normalized spacial score (nSPS) is 17.4. The van der Waals surface area contributed by atoms with Crippen molar-refractivity contribution < 1.29 is 14.6 Å². The summed E-state index contributed by atoms with van der Waals surface area (Å²) in [5.41, 5.74) is 3.08. The Morgan fingerprint density at radius 1 is 1.35 bits per heavy atom. The van der Waals surface area contributed by atoms with Gasteiger partial charge in [-0.1, -0.05) is 23.8 Å². The maximum Gasteiger partial charge on any atom is 0.325 e. The highest BCUT2D eigenvalue weighted by Crippen LogP contribution is 2.24. The average Bonchev–Trinajstić information content (AvgIpc) is 2.50. The van der Waals surface area contributed by atoms with E-state index in [-0.39, 0.29) is 0 Å². The standard InChI is InChI=1S/C18H28N2O3/c1-14-5-6-16(15(2)13-14)17(18(21)22)19(3)7-4-8-20-9-11-23-12-10-20/h5-6,13,17H,4,7-12H2,1-3H3,(H,21,22). The number of carbonyl (C=O) groups is 1. The Balaban J connectivity index is 1.95. The van der Waals surface area contributed by atoms with Gasteiger partial charge in [-0.15, -0.1) is 0 Å². The lowest BCUT2D eigenvalue weighted by atomic mass is 9.98. The Morgan fingerprint density at radius 2 is 2.04 bits per heavy atom. The van der Waals surface area contributed by atoms with Crippen LogP contribution in [0.2, 0.25) is 0 Å². The van der Waals surface area contributed by atoms with E-state index in [1.807, 2.05) is 44.0 Å². The fraction of sp³-hybridized carbons (Fsp3) is 0.611. The summed E-state index contributed by atoms with van der Waals surface area (Å²) in [6, 6.07) is 5.40. The highest BCUT2D eigenvalue weighted by atomic mass is 16.5. The molecule has 1 fully saturated rings. The fourth-order valence-electron chi connectivity index (χ4n) is 3.19. The van der Waals surface area contributed by atoms with Crippen molar-refractivity contribution in [1.82, 2.24) is 9.80 Å². The molecule has 0 aliphatic carbocycles. The molecule has 23 heavy (non-hydrogen) atoms. The van der Waals surface area contributed by atoms with Gasteiger partial charge < -0.3 is 9.84 Å². The Bertz CT molecular complexity index is 527. The lowest BCUT2D eigenvalue weighted by molar-refractivity contribution is -0.143. The molecule has 1 aliphatic rings. The molecular formula is C18H28N2O3. The van der Waals surface area contributed by atoms with E-state index in [0.717, 1.165) is 62.5 Å². The van der Waals surface area contributed by atoms with Crippen molar-refractivity contribution in [2.75, 3.05) is 46.4 Å². The van der Waals surface area contributed by atoms with Crippen LogP contribution in [0.3, 0.4) is 0 Å². The van der Waals surface area contributed by atoms with Crippen LogP contribution in [0.5, 0.6) is 0 Å². The summed E-state index contributed by atoms with van der Waals surface area (Å²) in [5.74, 6) is -0.786. The van der Waals surface area contributed by atoms with E-state index in [1.54, 1.807) is 0 Å². The Labute approximate surface area is 138 Å². The van der Waals surface area contributed by atoms with E-state index in [9.17, 15) is 9.90 Å². The number of benzene rings is 1. The van der Waals surface area contributed by atoms with Gasteiger partial charge in [0.05, 0.1) is 13.2 Å². The summed E-state index contributed by atoms with van der Waals surface area (Å²) in [5, 5.41) is 9.67. The van der Waals surface area contributed by atoms with Gasteiger partial charge in [0, 0.05) is 19.6 Å². The predicted octanol–water partition coefficient (Wildman–Crippen LogP) is 2.08. The third kappa shape index (κ3) is 5.03. The van der Waals surface area contributed by atoms with Crippen LogP contribution < -0.4 is 0 Å². The predicted molar refractivity (Wildman–Crippen MR) is 90.8 cm³/mol. The molecule has 128 valence electrons. The Morgan fingerprint density at radius 3 is 2.65 bits per heavy atom. The first kappa shape index (κ1) is 17.9. The molecule has 1 aromatic rings. The number of carboxylic acid groups (broad SMARTS) is 1. The Hall–Kier alpha value is -1.43. The molecule has 5 heteroatoms. The molecule has 0 saturated carbocycles. The van der Waals surface area contributed by atoms with Gasteiger partial charge in [0.2, 0.25) is 0 Å². The quantitative estimate of drug-likeness (QED) is 0.834. The minimum atomic E-state index is -0.786. The molecule has 1 atom stereocenters. The largest absolute Gasteiger partial charge is 0.480 e. The van der Waals surface area contributed by atoms with Gasteiger partial charge in [-0.2, -0.15) is 0 Å². The summed E-state index contributed by atoms with van der Waals surface area (Å²) in [6.45, 7) is 9.32. The molecule has 1 heterocycles. The zero-order valence-electron chi connectivity index (χ0n) is 14.4. The third-order valence-electron chi connectivity index (χ3n) is 4.48. The lowest BCUT2D eigenvalue weighted by Gasteiger charge is -2.29. The molecule has 0 radical (unpaired) electrons. The monoisotopic (exact) mass is 320 g/mol. The van der Waals surface area contributed by atoms with E-state index in [4.69, 9.17) is 4.74 Å². The van der Waals surface area contributed by atoms with E-state index >= 15 is 0 Å². The topological polar surface area (TPSA) is 53.0 Å². The van der Waals surface area contributed by atoms with Crippen LogP contribution in [0.25, 0.3) is 0 Å². The van der Waals surface area contributed by atoms with Gasteiger partial charge in [-0.3, -0.25) is 14.6 Å². The SMILES string of the molecule is Cc1ccc(C(C(=O)O)N(C)CCCN2CCOCC2)c(C)c1. The minimum Gasteiger partial charge on any atom is -0.480 e. The van der Waals surface area contributed by atoms with Gasteiger partial charge in [-0.25, -0.2) is 0 Å². The van der Waals surface area contributed by atoms with Crippen LogP contribution in [-0.2, 0) is 9.53 Å². The van der Waals surface area contributed by atoms with Gasteiger partial charge in [0.15, 0.2) is 0 Å². The maximum atomic E-state index is 11.8. The van der Waals surface area contributed by atoms with Crippen molar-refractivity contribution in [2.45, 2.75) is 26.3 Å². The third-order valence-corrected chi connectivity index (χ3v) is 4.48. The van der Waals surface area contributed by atoms with E-state index in [1.165, 1.54) is 0 Å². The van der Waals surface area contributed by atoms with Crippen molar-refractivity contribution in [3.05, 3.63) is 34.9 Å². The first-order valence-corrected chi connectivity index (χ1v) is 8.29. The maximum absolute atomic E-state index is 11.8. The first-order valence-electron chi connectivity index (χ1n) is 8.29. The molecule has 1 unspecified atom stereocenters. The van der Waals surface area contributed by atoms with Gasteiger partial charge in [-0.05, 0) is 45.0 Å². The van der Waals surface area contributed by atoms with Crippen LogP contribution in [0.1, 0.15) is 29.2 Å². The molecule has 5 nitrogen and oxygen atoms in total. The second kappa shape index (κ2) is 8.43. The van der Waals surface area contributed by atoms with Gasteiger partial charge >= 0.3 is 5.97 Å².